The van der Waals surface area contributed by atoms with Crippen LogP contribution in [0.15, 0.2) is 24.3 Å². The Labute approximate surface area is 122 Å². The van der Waals surface area contributed by atoms with E-state index < -0.39 is 0 Å². The first kappa shape index (κ1) is 12.8. The molecule has 0 aliphatic carbocycles. The van der Waals surface area contributed by atoms with E-state index >= 15 is 0 Å². The molecule has 2 aliphatic heterocycles. The fraction of sp³-hybridized carbons (Fsp3) is 0.467. The molecule has 0 saturated carbocycles. The smallest absolute Gasteiger partial charge is 0.258 e. The van der Waals surface area contributed by atoms with Crippen LogP contribution in [-0.2, 0) is 16.1 Å². The number of imidazole rings is 1. The van der Waals surface area contributed by atoms with E-state index in [1.54, 1.807) is 4.90 Å². The number of hydrogen-bond acceptors (Lipinski definition) is 4. The van der Waals surface area contributed by atoms with Crippen LogP contribution in [0.2, 0.25) is 0 Å². The number of ether oxygens (including phenoxy) is 1. The van der Waals surface area contributed by atoms with Gasteiger partial charge in [-0.2, -0.15) is 0 Å². The summed E-state index contributed by atoms with van der Waals surface area (Å²) in [6.07, 6.45) is 1.25. The molecule has 1 aromatic heterocycles. The zero-order valence-electron chi connectivity index (χ0n) is 11.7. The maximum absolute atomic E-state index is 12.7. The molecule has 1 aromatic carbocycles. The SMILES string of the molecule is NC[C@H]1CC[C@@H](C(=O)N2CCn3c2nc2ccccc23)O1. The first-order valence-corrected chi connectivity index (χ1v) is 7.40. The number of aromatic nitrogens is 2. The molecule has 110 valence electrons. The second kappa shape index (κ2) is 4.82. The Balaban J connectivity index is 1.63. The number of rotatable bonds is 2. The van der Waals surface area contributed by atoms with Crippen LogP contribution in [0.1, 0.15) is 12.8 Å². The molecule has 0 bridgehead atoms. The lowest BCUT2D eigenvalue weighted by molar-refractivity contribution is -0.129. The quantitative estimate of drug-likeness (QED) is 0.890. The predicted molar refractivity (Wildman–Crippen MR) is 79.0 cm³/mol. The van der Waals surface area contributed by atoms with Gasteiger partial charge >= 0.3 is 0 Å². The summed E-state index contributed by atoms with van der Waals surface area (Å²) in [7, 11) is 0. The maximum atomic E-state index is 12.7. The molecule has 1 amide bonds. The number of benzene rings is 1. The molecular weight excluding hydrogens is 268 g/mol. The minimum Gasteiger partial charge on any atom is -0.364 e. The van der Waals surface area contributed by atoms with Crippen molar-refractivity contribution in [2.45, 2.75) is 31.6 Å². The van der Waals surface area contributed by atoms with Gasteiger partial charge in [0.15, 0.2) is 0 Å². The molecule has 2 atom stereocenters. The van der Waals surface area contributed by atoms with Crippen molar-refractivity contribution < 1.29 is 9.53 Å². The molecule has 2 aliphatic rings. The second-order valence-electron chi connectivity index (χ2n) is 5.60. The largest absolute Gasteiger partial charge is 0.364 e. The standard InChI is InChI=1S/C15H18N4O2/c16-9-10-5-6-13(21-10)14(20)19-8-7-18-12-4-2-1-3-11(12)17-15(18)19/h1-4,10,13H,5-9,16H2/t10-,13+/m1/s1. The van der Waals surface area contributed by atoms with Gasteiger partial charge < -0.3 is 15.0 Å². The number of nitrogens with zero attached hydrogens (tertiary/aromatic N) is 3. The van der Waals surface area contributed by atoms with Gasteiger partial charge in [0.1, 0.15) is 6.10 Å². The molecule has 2 N–H and O–H groups in total. The van der Waals surface area contributed by atoms with E-state index in [0.717, 1.165) is 36.4 Å². The monoisotopic (exact) mass is 286 g/mol. The highest BCUT2D eigenvalue weighted by Crippen LogP contribution is 2.29. The summed E-state index contributed by atoms with van der Waals surface area (Å²) >= 11 is 0. The summed E-state index contributed by atoms with van der Waals surface area (Å²) in [5, 5.41) is 0. The number of nitrogens with two attached hydrogens (primary N) is 1. The molecule has 0 spiro atoms. The van der Waals surface area contributed by atoms with Crippen molar-refractivity contribution in [3.63, 3.8) is 0 Å². The lowest BCUT2D eigenvalue weighted by Crippen LogP contribution is -2.39. The highest BCUT2D eigenvalue weighted by Gasteiger charge is 2.37. The Bertz CT molecular complexity index is 696. The Kier molecular flexibility index (Phi) is 2.94. The molecule has 6 nitrogen and oxygen atoms in total. The van der Waals surface area contributed by atoms with Crippen molar-refractivity contribution in [3.8, 4) is 0 Å². The molecule has 0 unspecified atom stereocenters. The Morgan fingerprint density at radius 2 is 2.19 bits per heavy atom. The zero-order chi connectivity index (χ0) is 14.4. The summed E-state index contributed by atoms with van der Waals surface area (Å²) in [6.45, 7) is 1.93. The second-order valence-corrected chi connectivity index (χ2v) is 5.60. The molecule has 21 heavy (non-hydrogen) atoms. The minimum absolute atomic E-state index is 0.0139. The molecular formula is C15H18N4O2. The van der Waals surface area contributed by atoms with Crippen LogP contribution >= 0.6 is 0 Å². The van der Waals surface area contributed by atoms with E-state index in [1.807, 2.05) is 24.3 Å². The van der Waals surface area contributed by atoms with Crippen LogP contribution in [0.25, 0.3) is 11.0 Å². The number of carbonyl (C=O) groups is 1. The molecule has 4 rings (SSSR count). The molecule has 1 saturated heterocycles. The number of hydrogen-bond donors (Lipinski definition) is 1. The topological polar surface area (TPSA) is 73.4 Å². The number of anilines is 1. The number of amides is 1. The molecule has 0 radical (unpaired) electrons. The van der Waals surface area contributed by atoms with E-state index in [0.29, 0.717) is 13.1 Å². The van der Waals surface area contributed by atoms with Crippen molar-refractivity contribution in [1.82, 2.24) is 9.55 Å². The predicted octanol–water partition coefficient (Wildman–Crippen LogP) is 0.889. The van der Waals surface area contributed by atoms with E-state index in [2.05, 4.69) is 9.55 Å². The van der Waals surface area contributed by atoms with E-state index in [4.69, 9.17) is 10.5 Å². The van der Waals surface area contributed by atoms with E-state index in [1.165, 1.54) is 0 Å². The van der Waals surface area contributed by atoms with Crippen molar-refractivity contribution in [2.75, 3.05) is 18.0 Å². The fourth-order valence-electron chi connectivity index (χ4n) is 3.23. The van der Waals surface area contributed by atoms with Crippen LogP contribution in [-0.4, -0.2) is 40.8 Å². The van der Waals surface area contributed by atoms with Gasteiger partial charge in [-0.3, -0.25) is 9.69 Å². The summed E-state index contributed by atoms with van der Waals surface area (Å²) < 4.78 is 7.82. The number of fused-ring (bicyclic) bond motifs is 3. The lowest BCUT2D eigenvalue weighted by atomic mass is 10.2. The Morgan fingerprint density at radius 1 is 1.33 bits per heavy atom. The summed E-state index contributed by atoms with van der Waals surface area (Å²) in [4.78, 5) is 19.0. The average molecular weight is 286 g/mol. The van der Waals surface area contributed by atoms with Crippen molar-refractivity contribution in [2.24, 2.45) is 5.73 Å². The first-order chi connectivity index (χ1) is 10.3. The minimum atomic E-state index is -0.370. The molecule has 2 aromatic rings. The average Bonchev–Trinajstić information content (AvgIpc) is 3.21. The first-order valence-electron chi connectivity index (χ1n) is 7.40. The number of para-hydroxylation sites is 2. The van der Waals surface area contributed by atoms with Gasteiger partial charge in [-0.05, 0) is 25.0 Å². The van der Waals surface area contributed by atoms with Gasteiger partial charge in [0, 0.05) is 19.6 Å². The van der Waals surface area contributed by atoms with Gasteiger partial charge in [0.25, 0.3) is 5.91 Å². The van der Waals surface area contributed by atoms with Gasteiger partial charge in [-0.15, -0.1) is 0 Å². The van der Waals surface area contributed by atoms with Crippen LogP contribution in [0, 0.1) is 0 Å². The summed E-state index contributed by atoms with van der Waals surface area (Å²) in [6, 6.07) is 7.97. The van der Waals surface area contributed by atoms with Crippen molar-refractivity contribution in [1.29, 1.82) is 0 Å². The molecule has 1 fully saturated rings. The van der Waals surface area contributed by atoms with Crippen LogP contribution in [0.4, 0.5) is 5.95 Å². The molecule has 3 heterocycles. The highest BCUT2D eigenvalue weighted by molar-refractivity contribution is 5.97. The Hall–Kier alpha value is -1.92. The van der Waals surface area contributed by atoms with Crippen LogP contribution in [0.3, 0.4) is 0 Å². The van der Waals surface area contributed by atoms with E-state index in [-0.39, 0.29) is 18.1 Å². The van der Waals surface area contributed by atoms with Gasteiger partial charge in [0.2, 0.25) is 5.95 Å². The van der Waals surface area contributed by atoms with Gasteiger partial charge in [-0.1, -0.05) is 12.1 Å². The lowest BCUT2D eigenvalue weighted by Gasteiger charge is -2.18. The molecule has 6 heteroatoms. The van der Waals surface area contributed by atoms with Crippen LogP contribution < -0.4 is 10.6 Å². The third-order valence-electron chi connectivity index (χ3n) is 4.33. The fourth-order valence-corrected chi connectivity index (χ4v) is 3.23. The summed E-state index contributed by atoms with van der Waals surface area (Å²) in [5.74, 6) is 0.751. The zero-order valence-corrected chi connectivity index (χ0v) is 11.7. The Morgan fingerprint density at radius 3 is 3.00 bits per heavy atom. The van der Waals surface area contributed by atoms with Crippen molar-refractivity contribution >= 4 is 22.9 Å². The van der Waals surface area contributed by atoms with Gasteiger partial charge in [-0.25, -0.2) is 4.98 Å². The normalized spacial score (nSPS) is 24.7. The highest BCUT2D eigenvalue weighted by atomic mass is 16.5. The van der Waals surface area contributed by atoms with Crippen molar-refractivity contribution in [3.05, 3.63) is 24.3 Å². The third kappa shape index (κ3) is 1.94. The number of carbonyl (C=O) groups excluding carboxylic acids is 1. The third-order valence-corrected chi connectivity index (χ3v) is 4.33. The van der Waals surface area contributed by atoms with E-state index in [9.17, 15) is 4.79 Å². The van der Waals surface area contributed by atoms with Crippen LogP contribution in [0.5, 0.6) is 0 Å². The summed E-state index contributed by atoms with van der Waals surface area (Å²) in [5.41, 5.74) is 7.62. The maximum Gasteiger partial charge on any atom is 0.258 e. The van der Waals surface area contributed by atoms with Gasteiger partial charge in [0.05, 0.1) is 17.1 Å².